The Labute approximate surface area is 146 Å². The number of benzene rings is 2. The first-order valence-electron chi connectivity index (χ1n) is 8.14. The fourth-order valence-corrected chi connectivity index (χ4v) is 4.92. The largest absolute Gasteiger partial charge is 0.454 e. The van der Waals surface area contributed by atoms with E-state index in [1.807, 2.05) is 18.2 Å². The van der Waals surface area contributed by atoms with Gasteiger partial charge in [-0.1, -0.05) is 24.3 Å². The molecule has 0 amide bonds. The van der Waals surface area contributed by atoms with Crippen LogP contribution in [0.4, 0.5) is 4.39 Å². The summed E-state index contributed by atoms with van der Waals surface area (Å²) in [6.07, 6.45) is 0.732. The molecule has 0 bridgehead atoms. The van der Waals surface area contributed by atoms with E-state index in [0.29, 0.717) is 24.6 Å². The topological polar surface area (TPSA) is 55.8 Å². The molecule has 132 valence electrons. The quantitative estimate of drug-likeness (QED) is 0.838. The Morgan fingerprint density at radius 1 is 1.12 bits per heavy atom. The molecule has 7 heteroatoms. The number of rotatable bonds is 4. The SMILES string of the molecule is O=S(=O)(Cc1ccccc1F)N1CCC(c2ccc3c(c2)OCO3)C1. The van der Waals surface area contributed by atoms with Crippen LogP contribution in [0.3, 0.4) is 0 Å². The Balaban J connectivity index is 1.49. The summed E-state index contributed by atoms with van der Waals surface area (Å²) < 4.78 is 51.2. The highest BCUT2D eigenvalue weighted by Gasteiger charge is 2.33. The van der Waals surface area contributed by atoms with E-state index in [0.717, 1.165) is 12.0 Å². The van der Waals surface area contributed by atoms with Gasteiger partial charge >= 0.3 is 0 Å². The van der Waals surface area contributed by atoms with Gasteiger partial charge in [-0.3, -0.25) is 0 Å². The number of hydrogen-bond acceptors (Lipinski definition) is 4. The number of halogens is 1. The fourth-order valence-electron chi connectivity index (χ4n) is 3.32. The van der Waals surface area contributed by atoms with Gasteiger partial charge in [-0.15, -0.1) is 0 Å². The Bertz CT molecular complexity index is 900. The van der Waals surface area contributed by atoms with E-state index >= 15 is 0 Å². The van der Waals surface area contributed by atoms with Gasteiger partial charge in [0.25, 0.3) is 0 Å². The van der Waals surface area contributed by atoms with E-state index in [1.54, 1.807) is 12.1 Å². The first kappa shape index (κ1) is 16.4. The van der Waals surface area contributed by atoms with Gasteiger partial charge in [0, 0.05) is 18.7 Å². The third-order valence-corrected chi connectivity index (χ3v) is 6.50. The van der Waals surface area contributed by atoms with Crippen molar-refractivity contribution in [3.8, 4) is 11.5 Å². The van der Waals surface area contributed by atoms with Crippen molar-refractivity contribution in [2.24, 2.45) is 0 Å². The van der Waals surface area contributed by atoms with Gasteiger partial charge in [0.15, 0.2) is 11.5 Å². The second-order valence-corrected chi connectivity index (χ2v) is 8.27. The lowest BCUT2D eigenvalue weighted by atomic mass is 9.98. The zero-order valence-corrected chi connectivity index (χ0v) is 14.3. The van der Waals surface area contributed by atoms with Crippen LogP contribution >= 0.6 is 0 Å². The van der Waals surface area contributed by atoms with Gasteiger partial charge in [-0.2, -0.15) is 0 Å². The molecule has 1 saturated heterocycles. The highest BCUT2D eigenvalue weighted by molar-refractivity contribution is 7.88. The average Bonchev–Trinajstić information content (AvgIpc) is 3.25. The number of nitrogens with zero attached hydrogens (tertiary/aromatic N) is 1. The van der Waals surface area contributed by atoms with Gasteiger partial charge in [0.1, 0.15) is 5.82 Å². The Morgan fingerprint density at radius 2 is 1.92 bits per heavy atom. The summed E-state index contributed by atoms with van der Waals surface area (Å²) in [5.41, 5.74) is 1.24. The summed E-state index contributed by atoms with van der Waals surface area (Å²) in [5, 5.41) is 0. The van der Waals surface area contributed by atoms with Crippen molar-refractivity contribution in [2.75, 3.05) is 19.9 Å². The van der Waals surface area contributed by atoms with Crippen molar-refractivity contribution in [2.45, 2.75) is 18.1 Å². The standard InChI is InChI=1S/C18H18FNO4S/c19-16-4-2-1-3-15(16)11-25(21,22)20-8-7-14(10-20)13-5-6-17-18(9-13)24-12-23-17/h1-6,9,14H,7-8,10-12H2. The van der Waals surface area contributed by atoms with E-state index in [-0.39, 0.29) is 24.0 Å². The molecule has 0 aliphatic carbocycles. The maximum atomic E-state index is 13.8. The van der Waals surface area contributed by atoms with Gasteiger partial charge in [0.05, 0.1) is 5.75 Å². The summed E-state index contributed by atoms with van der Waals surface area (Å²) in [7, 11) is -3.55. The number of sulfonamides is 1. The second kappa shape index (κ2) is 6.31. The minimum Gasteiger partial charge on any atom is -0.454 e. The summed E-state index contributed by atoms with van der Waals surface area (Å²) in [5.74, 6) is 0.714. The van der Waals surface area contributed by atoms with Crippen LogP contribution in [0.5, 0.6) is 11.5 Å². The maximum Gasteiger partial charge on any atom is 0.231 e. The van der Waals surface area contributed by atoms with Crippen molar-refractivity contribution >= 4 is 10.0 Å². The first-order valence-corrected chi connectivity index (χ1v) is 9.74. The minimum atomic E-state index is -3.55. The smallest absolute Gasteiger partial charge is 0.231 e. The summed E-state index contributed by atoms with van der Waals surface area (Å²) in [4.78, 5) is 0. The third-order valence-electron chi connectivity index (χ3n) is 4.71. The fraction of sp³-hybridized carbons (Fsp3) is 0.333. The van der Waals surface area contributed by atoms with Gasteiger partial charge in [0.2, 0.25) is 16.8 Å². The molecule has 2 heterocycles. The summed E-state index contributed by atoms with van der Waals surface area (Å²) >= 11 is 0. The van der Waals surface area contributed by atoms with Crippen molar-refractivity contribution in [1.29, 1.82) is 0 Å². The molecule has 0 radical (unpaired) electrons. The molecule has 2 aromatic carbocycles. The zero-order valence-electron chi connectivity index (χ0n) is 13.5. The van der Waals surface area contributed by atoms with Crippen LogP contribution in [0, 0.1) is 5.82 Å². The predicted molar refractivity (Wildman–Crippen MR) is 90.5 cm³/mol. The van der Waals surface area contributed by atoms with E-state index in [4.69, 9.17) is 9.47 Å². The summed E-state index contributed by atoms with van der Waals surface area (Å²) in [6, 6.07) is 11.7. The first-order chi connectivity index (χ1) is 12.0. The normalized spacial score (nSPS) is 20.1. The molecule has 0 aromatic heterocycles. The Morgan fingerprint density at radius 3 is 2.76 bits per heavy atom. The molecular formula is C18H18FNO4S. The van der Waals surface area contributed by atoms with Crippen LogP contribution in [0.15, 0.2) is 42.5 Å². The van der Waals surface area contributed by atoms with Gasteiger partial charge in [-0.05, 0) is 36.1 Å². The van der Waals surface area contributed by atoms with Crippen LogP contribution in [-0.4, -0.2) is 32.6 Å². The molecule has 0 N–H and O–H groups in total. The van der Waals surface area contributed by atoms with Crippen molar-refractivity contribution in [1.82, 2.24) is 4.31 Å². The lowest BCUT2D eigenvalue weighted by Gasteiger charge is -2.17. The van der Waals surface area contributed by atoms with Crippen LogP contribution in [0.2, 0.25) is 0 Å². The van der Waals surface area contributed by atoms with E-state index in [1.165, 1.54) is 16.4 Å². The third kappa shape index (κ3) is 3.21. The summed E-state index contributed by atoms with van der Waals surface area (Å²) in [6.45, 7) is 1.05. The predicted octanol–water partition coefficient (Wildman–Crippen LogP) is 2.87. The number of fused-ring (bicyclic) bond motifs is 1. The van der Waals surface area contributed by atoms with Crippen molar-refractivity contribution in [3.05, 3.63) is 59.4 Å². The highest BCUT2D eigenvalue weighted by atomic mass is 32.2. The molecule has 5 nitrogen and oxygen atoms in total. The Kier molecular flexibility index (Phi) is 4.13. The molecule has 0 saturated carbocycles. The molecule has 1 fully saturated rings. The molecule has 2 aliphatic rings. The van der Waals surface area contributed by atoms with Crippen molar-refractivity contribution in [3.63, 3.8) is 0 Å². The zero-order chi connectivity index (χ0) is 17.4. The average molecular weight is 363 g/mol. The maximum absolute atomic E-state index is 13.8. The number of ether oxygens (including phenoxy) is 2. The molecule has 2 aromatic rings. The molecule has 1 unspecified atom stereocenters. The van der Waals surface area contributed by atoms with Gasteiger partial charge in [-0.25, -0.2) is 17.1 Å². The van der Waals surface area contributed by atoms with Crippen LogP contribution in [0.25, 0.3) is 0 Å². The second-order valence-electron chi connectivity index (χ2n) is 6.30. The molecular weight excluding hydrogens is 345 g/mol. The highest BCUT2D eigenvalue weighted by Crippen LogP contribution is 2.37. The minimum absolute atomic E-state index is 0.102. The van der Waals surface area contributed by atoms with Crippen LogP contribution in [0.1, 0.15) is 23.5 Å². The lowest BCUT2D eigenvalue weighted by Crippen LogP contribution is -2.30. The van der Waals surface area contributed by atoms with E-state index < -0.39 is 15.8 Å². The molecule has 2 aliphatic heterocycles. The number of hydrogen-bond donors (Lipinski definition) is 0. The van der Waals surface area contributed by atoms with Crippen LogP contribution < -0.4 is 9.47 Å². The molecule has 1 atom stereocenters. The monoisotopic (exact) mass is 363 g/mol. The molecule has 25 heavy (non-hydrogen) atoms. The van der Waals surface area contributed by atoms with Gasteiger partial charge < -0.3 is 9.47 Å². The lowest BCUT2D eigenvalue weighted by molar-refractivity contribution is 0.174. The molecule has 0 spiro atoms. The molecule has 4 rings (SSSR count). The van der Waals surface area contributed by atoms with E-state index in [2.05, 4.69) is 0 Å². The Hall–Kier alpha value is -2.12. The van der Waals surface area contributed by atoms with Crippen molar-refractivity contribution < 1.29 is 22.3 Å². The van der Waals surface area contributed by atoms with E-state index in [9.17, 15) is 12.8 Å². The van der Waals surface area contributed by atoms with Crippen LogP contribution in [-0.2, 0) is 15.8 Å².